The molecule has 0 aliphatic carbocycles. The molecule has 0 atom stereocenters. The van der Waals surface area contributed by atoms with Crippen LogP contribution < -0.4 is 0 Å². The second-order valence-corrected chi connectivity index (χ2v) is 7.50. The van der Waals surface area contributed by atoms with Crippen molar-refractivity contribution in [2.75, 3.05) is 13.1 Å². The number of nitrogens with zero attached hydrogens (tertiary/aromatic N) is 1. The maximum Gasteiger partial charge on any atom is 0.417 e. The minimum absolute atomic E-state index is 0.0523. The molecule has 0 spiro atoms. The van der Waals surface area contributed by atoms with E-state index in [0.29, 0.717) is 6.07 Å². The van der Waals surface area contributed by atoms with Crippen molar-refractivity contribution >= 4 is 27.6 Å². The first-order valence-electron chi connectivity index (χ1n) is 6.63. The Kier molecular flexibility index (Phi) is 4.93. The largest absolute Gasteiger partial charge is 0.481 e. The van der Waals surface area contributed by atoms with Crippen LogP contribution in [0.3, 0.4) is 0 Å². The Hall–Kier alpha value is -1.32. The Morgan fingerprint density at radius 1 is 1.26 bits per heavy atom. The average Bonchev–Trinajstić information content (AvgIpc) is 2.46. The Morgan fingerprint density at radius 3 is 2.30 bits per heavy atom. The number of alkyl halides is 3. The van der Waals surface area contributed by atoms with Crippen molar-refractivity contribution in [3.05, 3.63) is 28.8 Å². The third kappa shape index (κ3) is 3.78. The summed E-state index contributed by atoms with van der Waals surface area (Å²) < 4.78 is 64.4. The number of carboxylic acids is 1. The summed E-state index contributed by atoms with van der Waals surface area (Å²) in [6.45, 7) is -0.105. The van der Waals surface area contributed by atoms with Crippen molar-refractivity contribution in [2.45, 2.75) is 23.9 Å². The van der Waals surface area contributed by atoms with Crippen LogP contribution in [0.2, 0.25) is 5.02 Å². The molecule has 0 radical (unpaired) electrons. The lowest BCUT2D eigenvalue weighted by atomic mass is 9.99. The highest BCUT2D eigenvalue weighted by molar-refractivity contribution is 7.89. The number of halogens is 4. The zero-order valence-electron chi connectivity index (χ0n) is 11.7. The van der Waals surface area contributed by atoms with E-state index in [1.807, 2.05) is 0 Å². The first-order chi connectivity index (χ1) is 10.5. The zero-order valence-corrected chi connectivity index (χ0v) is 13.2. The standard InChI is InChI=1S/C13H13ClF3NO4S/c14-11-2-1-9(7-10(11)13(15,16)17)23(21,22)18-5-3-8(4-6-18)12(19)20/h1-2,7-8H,3-6H2,(H,19,20). The fourth-order valence-electron chi connectivity index (χ4n) is 2.37. The van der Waals surface area contributed by atoms with Crippen LogP contribution in [-0.4, -0.2) is 36.9 Å². The zero-order chi connectivity index (χ0) is 17.4. The van der Waals surface area contributed by atoms with Gasteiger partial charge < -0.3 is 5.11 Å². The molecule has 0 amide bonds. The van der Waals surface area contributed by atoms with Gasteiger partial charge in [0.05, 0.1) is 21.4 Å². The monoisotopic (exact) mass is 371 g/mol. The van der Waals surface area contributed by atoms with Gasteiger partial charge in [0.15, 0.2) is 0 Å². The fourth-order valence-corrected chi connectivity index (χ4v) is 4.10. The van der Waals surface area contributed by atoms with Gasteiger partial charge >= 0.3 is 12.1 Å². The molecule has 1 saturated heterocycles. The van der Waals surface area contributed by atoms with Gasteiger partial charge in [0, 0.05) is 13.1 Å². The van der Waals surface area contributed by atoms with E-state index >= 15 is 0 Å². The Labute approximate surface area is 135 Å². The number of hydrogen-bond acceptors (Lipinski definition) is 3. The molecule has 5 nitrogen and oxygen atoms in total. The highest BCUT2D eigenvalue weighted by Gasteiger charge is 2.36. The summed E-state index contributed by atoms with van der Waals surface area (Å²) in [4.78, 5) is 10.4. The minimum Gasteiger partial charge on any atom is -0.481 e. The number of piperidine rings is 1. The van der Waals surface area contributed by atoms with Crippen LogP contribution in [0.1, 0.15) is 18.4 Å². The summed E-state index contributed by atoms with van der Waals surface area (Å²) in [6.07, 6.45) is -4.53. The van der Waals surface area contributed by atoms with Gasteiger partial charge in [-0.15, -0.1) is 0 Å². The number of carboxylic acid groups (broad SMARTS) is 1. The van der Waals surface area contributed by atoms with Gasteiger partial charge in [-0.3, -0.25) is 4.79 Å². The van der Waals surface area contributed by atoms with Crippen LogP contribution in [0.5, 0.6) is 0 Å². The number of sulfonamides is 1. The van der Waals surface area contributed by atoms with E-state index in [-0.39, 0.29) is 25.9 Å². The van der Waals surface area contributed by atoms with Crippen LogP contribution in [-0.2, 0) is 21.0 Å². The lowest BCUT2D eigenvalue weighted by Crippen LogP contribution is -2.40. The third-order valence-electron chi connectivity index (χ3n) is 3.68. The van der Waals surface area contributed by atoms with Crippen molar-refractivity contribution in [1.82, 2.24) is 4.31 Å². The Bertz CT molecular complexity index is 712. The smallest absolute Gasteiger partial charge is 0.417 e. The molecule has 2 rings (SSSR count). The summed E-state index contributed by atoms with van der Waals surface area (Å²) in [7, 11) is -4.13. The van der Waals surface area contributed by atoms with E-state index in [1.165, 1.54) is 0 Å². The molecule has 128 valence electrons. The van der Waals surface area contributed by atoms with Gasteiger partial charge in [-0.1, -0.05) is 11.6 Å². The van der Waals surface area contributed by atoms with Crippen molar-refractivity contribution < 1.29 is 31.5 Å². The number of aliphatic carboxylic acids is 1. The lowest BCUT2D eigenvalue weighted by molar-refractivity contribution is -0.143. The summed E-state index contributed by atoms with van der Waals surface area (Å²) in [6, 6.07) is 2.40. The Balaban J connectivity index is 2.29. The molecule has 1 heterocycles. The lowest BCUT2D eigenvalue weighted by Gasteiger charge is -2.29. The molecule has 1 aliphatic heterocycles. The predicted octanol–water partition coefficient (Wildman–Crippen LogP) is 2.84. The molecule has 1 fully saturated rings. The molecular formula is C13H13ClF3NO4S. The molecule has 1 N–H and O–H groups in total. The predicted molar refractivity (Wildman–Crippen MR) is 75.6 cm³/mol. The number of rotatable bonds is 3. The molecule has 10 heteroatoms. The first-order valence-corrected chi connectivity index (χ1v) is 8.45. The van der Waals surface area contributed by atoms with Gasteiger partial charge in [-0.05, 0) is 31.0 Å². The summed E-state index contributed by atoms with van der Waals surface area (Å²) >= 11 is 5.48. The van der Waals surface area contributed by atoms with E-state index in [9.17, 15) is 26.4 Å². The van der Waals surface area contributed by atoms with Crippen LogP contribution in [0, 0.1) is 5.92 Å². The average molecular weight is 372 g/mol. The number of benzene rings is 1. The first kappa shape index (κ1) is 18.0. The molecule has 1 aliphatic rings. The van der Waals surface area contributed by atoms with Crippen molar-refractivity contribution in [3.8, 4) is 0 Å². The van der Waals surface area contributed by atoms with Gasteiger partial charge in [-0.25, -0.2) is 8.42 Å². The highest BCUT2D eigenvalue weighted by Crippen LogP contribution is 2.36. The maximum absolute atomic E-state index is 12.8. The van der Waals surface area contributed by atoms with Crippen molar-refractivity contribution in [3.63, 3.8) is 0 Å². The molecular weight excluding hydrogens is 359 g/mol. The fraction of sp³-hybridized carbons (Fsp3) is 0.462. The normalized spacial score (nSPS) is 18.1. The Morgan fingerprint density at radius 2 is 1.83 bits per heavy atom. The van der Waals surface area contributed by atoms with E-state index < -0.39 is 43.6 Å². The van der Waals surface area contributed by atoms with E-state index in [4.69, 9.17) is 16.7 Å². The quantitative estimate of drug-likeness (QED) is 0.886. The molecule has 0 aromatic heterocycles. The molecule has 23 heavy (non-hydrogen) atoms. The van der Waals surface area contributed by atoms with Gasteiger partial charge in [0.2, 0.25) is 10.0 Å². The summed E-state index contributed by atoms with van der Waals surface area (Å²) in [5, 5.41) is 8.31. The van der Waals surface area contributed by atoms with Crippen LogP contribution in [0.15, 0.2) is 23.1 Å². The summed E-state index contributed by atoms with van der Waals surface area (Å²) in [5.41, 5.74) is -1.22. The number of carbonyl (C=O) groups is 1. The van der Waals surface area contributed by atoms with E-state index in [1.54, 1.807) is 0 Å². The summed E-state index contributed by atoms with van der Waals surface area (Å²) in [5.74, 6) is -1.65. The third-order valence-corrected chi connectivity index (χ3v) is 5.91. The van der Waals surface area contributed by atoms with Crippen molar-refractivity contribution in [1.29, 1.82) is 0 Å². The van der Waals surface area contributed by atoms with Crippen LogP contribution in [0.25, 0.3) is 0 Å². The second kappa shape index (κ2) is 6.29. The van der Waals surface area contributed by atoms with Gasteiger partial charge in [0.25, 0.3) is 0 Å². The van der Waals surface area contributed by atoms with Crippen LogP contribution >= 0.6 is 11.6 Å². The van der Waals surface area contributed by atoms with Crippen LogP contribution in [0.4, 0.5) is 13.2 Å². The highest BCUT2D eigenvalue weighted by atomic mass is 35.5. The van der Waals surface area contributed by atoms with E-state index in [2.05, 4.69) is 0 Å². The number of hydrogen-bond donors (Lipinski definition) is 1. The maximum atomic E-state index is 12.8. The van der Waals surface area contributed by atoms with Gasteiger partial charge in [0.1, 0.15) is 0 Å². The molecule has 0 saturated carbocycles. The molecule has 0 bridgehead atoms. The van der Waals surface area contributed by atoms with E-state index in [0.717, 1.165) is 16.4 Å². The SMILES string of the molecule is O=C(O)C1CCN(S(=O)(=O)c2ccc(Cl)c(C(F)(F)F)c2)CC1. The molecule has 1 aromatic rings. The second-order valence-electron chi connectivity index (χ2n) is 5.16. The van der Waals surface area contributed by atoms with Crippen molar-refractivity contribution in [2.24, 2.45) is 5.92 Å². The molecule has 1 aromatic carbocycles. The molecule has 0 unspecified atom stereocenters. The minimum atomic E-state index is -4.76. The topological polar surface area (TPSA) is 74.7 Å². The van der Waals surface area contributed by atoms with Gasteiger partial charge in [-0.2, -0.15) is 17.5 Å².